The second-order valence-electron chi connectivity index (χ2n) is 7.89. The summed E-state index contributed by atoms with van der Waals surface area (Å²) in [6.45, 7) is 9.22. The van der Waals surface area contributed by atoms with Gasteiger partial charge in [-0.2, -0.15) is 0 Å². The van der Waals surface area contributed by atoms with Crippen molar-refractivity contribution in [1.29, 1.82) is 0 Å². The standard InChI is InChI=1S/C24H35NO2/c1-3-5-6-13-21(4-2)23-16-7-8-17-25(23)18-24(27)22-14-9-11-20(19-26)12-10-15-22/h3-6,13,19-20,22-23H,1-2,7-12,14-18H2/b6-5-,21-13+. The zero-order valence-electron chi connectivity index (χ0n) is 16.7. The number of hydrogen-bond donors (Lipinski definition) is 0. The Morgan fingerprint density at radius 1 is 0.963 bits per heavy atom. The highest BCUT2D eigenvalue weighted by atomic mass is 16.1. The van der Waals surface area contributed by atoms with Crippen molar-refractivity contribution >= 4 is 12.1 Å². The molecule has 0 amide bonds. The third-order valence-electron chi connectivity index (χ3n) is 6.03. The number of rotatable bonds is 8. The van der Waals surface area contributed by atoms with Crippen LogP contribution in [-0.2, 0) is 9.59 Å². The average Bonchev–Trinajstić information content (AvgIpc) is 2.66. The number of piperidine rings is 1. The van der Waals surface area contributed by atoms with Gasteiger partial charge >= 0.3 is 0 Å². The molecule has 0 aromatic heterocycles. The van der Waals surface area contributed by atoms with E-state index in [9.17, 15) is 9.59 Å². The van der Waals surface area contributed by atoms with E-state index in [1.165, 1.54) is 12.0 Å². The molecule has 0 N–H and O–H groups in total. The van der Waals surface area contributed by atoms with Gasteiger partial charge in [0.1, 0.15) is 12.1 Å². The predicted octanol–water partition coefficient (Wildman–Crippen LogP) is 5.05. The lowest BCUT2D eigenvalue weighted by Gasteiger charge is -2.37. The summed E-state index contributed by atoms with van der Waals surface area (Å²) in [5, 5.41) is 0. The Morgan fingerprint density at radius 3 is 2.33 bits per heavy atom. The van der Waals surface area contributed by atoms with Crippen molar-refractivity contribution in [3.63, 3.8) is 0 Å². The van der Waals surface area contributed by atoms with Gasteiger partial charge in [0.2, 0.25) is 0 Å². The molecule has 2 rings (SSSR count). The van der Waals surface area contributed by atoms with Crippen LogP contribution in [0.3, 0.4) is 0 Å². The molecule has 3 nitrogen and oxygen atoms in total. The fraction of sp³-hybridized carbons (Fsp3) is 0.583. The summed E-state index contributed by atoms with van der Waals surface area (Å²) in [6, 6.07) is 0.280. The van der Waals surface area contributed by atoms with E-state index >= 15 is 0 Å². The van der Waals surface area contributed by atoms with E-state index < -0.39 is 0 Å². The first-order valence-corrected chi connectivity index (χ1v) is 10.5. The van der Waals surface area contributed by atoms with Crippen LogP contribution in [0.4, 0.5) is 0 Å². The van der Waals surface area contributed by atoms with Gasteiger partial charge in [0.05, 0.1) is 6.54 Å². The predicted molar refractivity (Wildman–Crippen MR) is 113 cm³/mol. The molecule has 27 heavy (non-hydrogen) atoms. The maximum atomic E-state index is 13.0. The normalized spacial score (nSPS) is 28.3. The zero-order valence-corrected chi connectivity index (χ0v) is 16.7. The smallest absolute Gasteiger partial charge is 0.149 e. The van der Waals surface area contributed by atoms with Gasteiger partial charge < -0.3 is 4.79 Å². The summed E-state index contributed by atoms with van der Waals surface area (Å²) < 4.78 is 0. The Bertz CT molecular complexity index is 565. The number of Topliss-reactive ketones (excluding diaryl/α,β-unsaturated/α-hetero) is 1. The maximum absolute atomic E-state index is 13.0. The first-order valence-electron chi connectivity index (χ1n) is 10.5. The van der Waals surface area contributed by atoms with Crippen LogP contribution in [0.5, 0.6) is 0 Å². The minimum atomic E-state index is 0.164. The first-order chi connectivity index (χ1) is 13.2. The zero-order chi connectivity index (χ0) is 19.5. The van der Waals surface area contributed by atoms with E-state index in [-0.39, 0.29) is 17.9 Å². The number of hydrogen-bond acceptors (Lipinski definition) is 3. The summed E-state index contributed by atoms with van der Waals surface area (Å²) >= 11 is 0. The van der Waals surface area contributed by atoms with E-state index in [4.69, 9.17) is 0 Å². The minimum Gasteiger partial charge on any atom is -0.303 e. The van der Waals surface area contributed by atoms with Crippen LogP contribution in [0.1, 0.15) is 57.8 Å². The minimum absolute atomic E-state index is 0.164. The Morgan fingerprint density at radius 2 is 1.70 bits per heavy atom. The molecule has 1 unspecified atom stereocenters. The molecule has 0 bridgehead atoms. The number of ketones is 1. The highest BCUT2D eigenvalue weighted by molar-refractivity contribution is 5.83. The Kier molecular flexibility index (Phi) is 9.47. The molecule has 0 spiro atoms. The third-order valence-corrected chi connectivity index (χ3v) is 6.03. The molecule has 2 aliphatic rings. The lowest BCUT2D eigenvalue weighted by Crippen LogP contribution is -2.44. The monoisotopic (exact) mass is 369 g/mol. The van der Waals surface area contributed by atoms with Gasteiger partial charge in [-0.15, -0.1) is 0 Å². The van der Waals surface area contributed by atoms with Crippen molar-refractivity contribution in [2.75, 3.05) is 13.1 Å². The molecular weight excluding hydrogens is 334 g/mol. The molecule has 1 aliphatic heterocycles. The Labute approximate surface area is 164 Å². The van der Waals surface area contributed by atoms with Gasteiger partial charge in [0, 0.05) is 17.9 Å². The van der Waals surface area contributed by atoms with Crippen molar-refractivity contribution in [2.45, 2.75) is 63.8 Å². The number of nitrogens with zero attached hydrogens (tertiary/aromatic N) is 1. The summed E-state index contributed by atoms with van der Waals surface area (Å²) in [7, 11) is 0. The van der Waals surface area contributed by atoms with Crippen molar-refractivity contribution in [3.05, 3.63) is 49.1 Å². The van der Waals surface area contributed by atoms with Gasteiger partial charge in [0.25, 0.3) is 0 Å². The van der Waals surface area contributed by atoms with Crippen LogP contribution in [0.15, 0.2) is 49.1 Å². The SMILES string of the molecule is C=C/C=C\C=C(/C=C)C1CCCCN1CC(=O)C1CCCC(C=O)CCC1. The van der Waals surface area contributed by atoms with E-state index in [1.54, 1.807) is 6.08 Å². The topological polar surface area (TPSA) is 37.4 Å². The number of allylic oxidation sites excluding steroid dienone is 4. The van der Waals surface area contributed by atoms with Gasteiger partial charge in [0.15, 0.2) is 0 Å². The summed E-state index contributed by atoms with van der Waals surface area (Å²) in [5.74, 6) is 0.755. The number of carbonyl (C=O) groups is 2. The number of carbonyl (C=O) groups excluding carboxylic acids is 2. The maximum Gasteiger partial charge on any atom is 0.149 e. The summed E-state index contributed by atoms with van der Waals surface area (Å²) in [4.78, 5) is 26.4. The van der Waals surface area contributed by atoms with Gasteiger partial charge in [-0.3, -0.25) is 9.69 Å². The molecule has 148 valence electrons. The van der Waals surface area contributed by atoms with Gasteiger partial charge in [-0.25, -0.2) is 0 Å². The third kappa shape index (κ3) is 6.73. The second-order valence-corrected chi connectivity index (χ2v) is 7.89. The van der Waals surface area contributed by atoms with Crippen LogP contribution in [-0.4, -0.2) is 36.1 Å². The van der Waals surface area contributed by atoms with E-state index in [0.717, 1.165) is 64.2 Å². The Balaban J connectivity index is 1.99. The molecule has 3 heteroatoms. The van der Waals surface area contributed by atoms with Crippen LogP contribution in [0.25, 0.3) is 0 Å². The molecule has 0 aromatic carbocycles. The quantitative estimate of drug-likeness (QED) is 0.444. The van der Waals surface area contributed by atoms with Crippen molar-refractivity contribution < 1.29 is 9.59 Å². The largest absolute Gasteiger partial charge is 0.303 e. The molecule has 1 heterocycles. The van der Waals surface area contributed by atoms with Gasteiger partial charge in [-0.05, 0) is 50.6 Å². The van der Waals surface area contributed by atoms with E-state index in [0.29, 0.717) is 12.3 Å². The van der Waals surface area contributed by atoms with Crippen molar-refractivity contribution in [1.82, 2.24) is 4.90 Å². The van der Waals surface area contributed by atoms with E-state index in [2.05, 4.69) is 24.1 Å². The second kappa shape index (κ2) is 11.9. The first kappa shape index (κ1) is 21.6. The summed E-state index contributed by atoms with van der Waals surface area (Å²) in [5.41, 5.74) is 1.19. The fourth-order valence-corrected chi connectivity index (χ4v) is 4.45. The highest BCUT2D eigenvalue weighted by Crippen LogP contribution is 2.28. The molecular formula is C24H35NO2. The number of likely N-dealkylation sites (tertiary alicyclic amines) is 1. The number of aldehydes is 1. The highest BCUT2D eigenvalue weighted by Gasteiger charge is 2.29. The van der Waals surface area contributed by atoms with Crippen molar-refractivity contribution in [2.24, 2.45) is 11.8 Å². The lowest BCUT2D eigenvalue weighted by molar-refractivity contribution is -0.125. The summed E-state index contributed by atoms with van der Waals surface area (Å²) in [6.07, 6.45) is 20.0. The van der Waals surface area contributed by atoms with E-state index in [1.807, 2.05) is 18.2 Å². The van der Waals surface area contributed by atoms with Crippen LogP contribution in [0.2, 0.25) is 0 Å². The molecule has 0 aromatic rings. The molecule has 1 aliphatic carbocycles. The average molecular weight is 370 g/mol. The van der Waals surface area contributed by atoms with Crippen LogP contribution >= 0.6 is 0 Å². The van der Waals surface area contributed by atoms with Crippen LogP contribution < -0.4 is 0 Å². The molecule has 1 atom stereocenters. The van der Waals surface area contributed by atoms with Crippen molar-refractivity contribution in [3.8, 4) is 0 Å². The van der Waals surface area contributed by atoms with Crippen LogP contribution in [0, 0.1) is 11.8 Å². The molecule has 0 radical (unpaired) electrons. The molecule has 2 fully saturated rings. The Hall–Kier alpha value is -1.74. The lowest BCUT2D eigenvalue weighted by atomic mass is 9.84. The van der Waals surface area contributed by atoms with Gasteiger partial charge in [-0.1, -0.05) is 62.8 Å². The molecule has 1 saturated carbocycles. The fourth-order valence-electron chi connectivity index (χ4n) is 4.45. The molecule has 1 saturated heterocycles.